The van der Waals surface area contributed by atoms with E-state index in [9.17, 15) is 4.79 Å². The first-order chi connectivity index (χ1) is 7.19. The lowest BCUT2D eigenvalue weighted by Gasteiger charge is -2.14. The molecule has 0 spiro atoms. The number of hydrogen-bond acceptors (Lipinski definition) is 4. The van der Waals surface area contributed by atoms with Gasteiger partial charge in [-0.2, -0.15) is 0 Å². The number of carbonyl (C=O) groups excluding carboxylic acids is 1. The summed E-state index contributed by atoms with van der Waals surface area (Å²) >= 11 is 0. The van der Waals surface area contributed by atoms with Gasteiger partial charge >= 0.3 is 0 Å². The molecule has 1 aromatic heterocycles. The largest absolute Gasteiger partial charge is 0.448 e. The van der Waals surface area contributed by atoms with Crippen LogP contribution < -0.4 is 5.32 Å². The predicted molar refractivity (Wildman–Crippen MR) is 54.5 cm³/mol. The standard InChI is InChI=1S/C10H16N2O3/c1-3-8(4-5-13)12-10(14)9-7(2)15-6-11-9/h6,8,13H,3-5H2,1-2H3,(H,12,14). The van der Waals surface area contributed by atoms with Crippen LogP contribution in [0.2, 0.25) is 0 Å². The van der Waals surface area contributed by atoms with Crippen LogP contribution in [0, 0.1) is 6.92 Å². The van der Waals surface area contributed by atoms with E-state index in [1.807, 2.05) is 6.92 Å². The normalized spacial score (nSPS) is 12.5. The van der Waals surface area contributed by atoms with E-state index >= 15 is 0 Å². The first kappa shape index (κ1) is 11.7. The van der Waals surface area contributed by atoms with Crippen LogP contribution in [0.1, 0.15) is 36.0 Å². The summed E-state index contributed by atoms with van der Waals surface area (Å²) in [6.07, 6.45) is 2.58. The summed E-state index contributed by atoms with van der Waals surface area (Å²) in [4.78, 5) is 15.5. The number of hydrogen-bond donors (Lipinski definition) is 2. The molecule has 1 atom stereocenters. The fourth-order valence-electron chi connectivity index (χ4n) is 1.31. The Morgan fingerprint density at radius 1 is 1.73 bits per heavy atom. The molecule has 1 unspecified atom stereocenters. The van der Waals surface area contributed by atoms with Crippen molar-refractivity contribution in [2.24, 2.45) is 0 Å². The van der Waals surface area contributed by atoms with E-state index in [1.54, 1.807) is 6.92 Å². The second kappa shape index (κ2) is 5.50. The molecule has 0 aliphatic rings. The van der Waals surface area contributed by atoms with E-state index in [1.165, 1.54) is 6.39 Å². The minimum Gasteiger partial charge on any atom is -0.448 e. The number of nitrogens with zero attached hydrogens (tertiary/aromatic N) is 1. The molecule has 1 aromatic rings. The van der Waals surface area contributed by atoms with E-state index in [0.717, 1.165) is 6.42 Å². The first-order valence-corrected chi connectivity index (χ1v) is 5.00. The Morgan fingerprint density at radius 2 is 2.47 bits per heavy atom. The van der Waals surface area contributed by atoms with Crippen molar-refractivity contribution in [3.63, 3.8) is 0 Å². The summed E-state index contributed by atoms with van der Waals surface area (Å²) in [5.41, 5.74) is 0.311. The predicted octanol–water partition coefficient (Wildman–Crippen LogP) is 0.874. The summed E-state index contributed by atoms with van der Waals surface area (Å²) in [6, 6.07) is -0.0152. The van der Waals surface area contributed by atoms with Crippen molar-refractivity contribution in [2.75, 3.05) is 6.61 Å². The van der Waals surface area contributed by atoms with Gasteiger partial charge in [0.25, 0.3) is 5.91 Å². The number of aromatic nitrogens is 1. The number of nitrogens with one attached hydrogen (secondary N) is 1. The monoisotopic (exact) mass is 212 g/mol. The second-order valence-corrected chi connectivity index (χ2v) is 3.35. The van der Waals surface area contributed by atoms with Gasteiger partial charge < -0.3 is 14.8 Å². The summed E-state index contributed by atoms with van der Waals surface area (Å²) in [5.74, 6) is 0.257. The maximum absolute atomic E-state index is 11.7. The molecule has 0 aliphatic heterocycles. The van der Waals surface area contributed by atoms with Crippen molar-refractivity contribution >= 4 is 5.91 Å². The zero-order chi connectivity index (χ0) is 11.3. The second-order valence-electron chi connectivity index (χ2n) is 3.35. The number of aryl methyl sites for hydroxylation is 1. The van der Waals surface area contributed by atoms with Crippen LogP contribution in [0.15, 0.2) is 10.8 Å². The van der Waals surface area contributed by atoms with Crippen LogP contribution in [-0.2, 0) is 0 Å². The average Bonchev–Trinajstić information content (AvgIpc) is 2.63. The summed E-state index contributed by atoms with van der Waals surface area (Å²) in [7, 11) is 0. The van der Waals surface area contributed by atoms with Gasteiger partial charge in [0.1, 0.15) is 5.76 Å². The van der Waals surface area contributed by atoms with Crippen LogP contribution in [-0.4, -0.2) is 28.6 Å². The Kier molecular flexibility index (Phi) is 4.30. The minimum atomic E-state index is -0.249. The number of aliphatic hydroxyl groups excluding tert-OH is 1. The van der Waals surface area contributed by atoms with Gasteiger partial charge in [0.15, 0.2) is 12.1 Å². The van der Waals surface area contributed by atoms with Crippen LogP contribution in [0.3, 0.4) is 0 Å². The van der Waals surface area contributed by atoms with Gasteiger partial charge in [0, 0.05) is 12.6 Å². The summed E-state index contributed by atoms with van der Waals surface area (Å²) in [6.45, 7) is 3.71. The first-order valence-electron chi connectivity index (χ1n) is 5.00. The number of amides is 1. The van der Waals surface area contributed by atoms with Gasteiger partial charge in [-0.3, -0.25) is 4.79 Å². The van der Waals surface area contributed by atoms with Crippen molar-refractivity contribution in [1.29, 1.82) is 0 Å². The maximum atomic E-state index is 11.7. The zero-order valence-electron chi connectivity index (χ0n) is 8.99. The number of aliphatic hydroxyl groups is 1. The Hall–Kier alpha value is -1.36. The fourth-order valence-corrected chi connectivity index (χ4v) is 1.31. The topological polar surface area (TPSA) is 75.4 Å². The van der Waals surface area contributed by atoms with Crippen molar-refractivity contribution < 1.29 is 14.3 Å². The van der Waals surface area contributed by atoms with E-state index in [2.05, 4.69) is 10.3 Å². The van der Waals surface area contributed by atoms with Gasteiger partial charge in [-0.1, -0.05) is 6.92 Å². The number of rotatable bonds is 5. The van der Waals surface area contributed by atoms with E-state index < -0.39 is 0 Å². The number of carbonyl (C=O) groups is 1. The molecule has 1 amide bonds. The highest BCUT2D eigenvalue weighted by atomic mass is 16.3. The lowest BCUT2D eigenvalue weighted by atomic mass is 10.1. The van der Waals surface area contributed by atoms with Crippen molar-refractivity contribution in [3.8, 4) is 0 Å². The molecular formula is C10H16N2O3. The van der Waals surface area contributed by atoms with Gasteiger partial charge in [-0.25, -0.2) is 4.98 Å². The third-order valence-electron chi connectivity index (χ3n) is 2.27. The third-order valence-corrected chi connectivity index (χ3v) is 2.27. The number of oxazole rings is 1. The van der Waals surface area contributed by atoms with Crippen molar-refractivity contribution in [2.45, 2.75) is 32.7 Å². The average molecular weight is 212 g/mol. The Balaban J connectivity index is 2.58. The van der Waals surface area contributed by atoms with Gasteiger partial charge in [0.2, 0.25) is 0 Å². The smallest absolute Gasteiger partial charge is 0.273 e. The molecule has 15 heavy (non-hydrogen) atoms. The Labute approximate surface area is 88.5 Å². The van der Waals surface area contributed by atoms with Gasteiger partial charge in [-0.15, -0.1) is 0 Å². The molecule has 1 rings (SSSR count). The molecule has 84 valence electrons. The quantitative estimate of drug-likeness (QED) is 0.759. The molecule has 0 radical (unpaired) electrons. The van der Waals surface area contributed by atoms with E-state index in [4.69, 9.17) is 9.52 Å². The van der Waals surface area contributed by atoms with Crippen molar-refractivity contribution in [3.05, 3.63) is 17.8 Å². The molecule has 0 aromatic carbocycles. The van der Waals surface area contributed by atoms with Crippen LogP contribution >= 0.6 is 0 Å². The molecule has 2 N–H and O–H groups in total. The fraction of sp³-hybridized carbons (Fsp3) is 0.600. The molecule has 1 heterocycles. The van der Waals surface area contributed by atoms with Crippen molar-refractivity contribution in [1.82, 2.24) is 10.3 Å². The minimum absolute atomic E-state index is 0.0152. The molecule has 0 aliphatic carbocycles. The van der Waals surface area contributed by atoms with Gasteiger partial charge in [-0.05, 0) is 19.8 Å². The maximum Gasteiger partial charge on any atom is 0.273 e. The zero-order valence-corrected chi connectivity index (χ0v) is 8.99. The summed E-state index contributed by atoms with van der Waals surface area (Å²) in [5, 5.41) is 11.6. The molecular weight excluding hydrogens is 196 g/mol. The highest BCUT2D eigenvalue weighted by Gasteiger charge is 2.16. The lowest BCUT2D eigenvalue weighted by molar-refractivity contribution is 0.0923. The molecule has 0 saturated heterocycles. The molecule has 0 fully saturated rings. The highest BCUT2D eigenvalue weighted by molar-refractivity contribution is 5.93. The highest BCUT2D eigenvalue weighted by Crippen LogP contribution is 2.05. The SMILES string of the molecule is CCC(CCO)NC(=O)c1ncoc1C. The van der Waals surface area contributed by atoms with Crippen LogP contribution in [0.5, 0.6) is 0 Å². The molecule has 0 bridgehead atoms. The van der Waals surface area contributed by atoms with Gasteiger partial charge in [0.05, 0.1) is 0 Å². The lowest BCUT2D eigenvalue weighted by Crippen LogP contribution is -2.35. The molecule has 5 nitrogen and oxygen atoms in total. The summed E-state index contributed by atoms with van der Waals surface area (Å²) < 4.78 is 4.94. The Morgan fingerprint density at radius 3 is 2.93 bits per heavy atom. The van der Waals surface area contributed by atoms with Crippen LogP contribution in [0.4, 0.5) is 0 Å². The van der Waals surface area contributed by atoms with E-state index in [0.29, 0.717) is 17.9 Å². The third kappa shape index (κ3) is 3.06. The van der Waals surface area contributed by atoms with Crippen LogP contribution in [0.25, 0.3) is 0 Å². The molecule has 0 saturated carbocycles. The Bertz CT molecular complexity index is 322. The molecule has 5 heteroatoms. The van der Waals surface area contributed by atoms with E-state index in [-0.39, 0.29) is 18.6 Å².